The summed E-state index contributed by atoms with van der Waals surface area (Å²) in [5, 5.41) is 7.76. The molecule has 4 aliphatic rings. The summed E-state index contributed by atoms with van der Waals surface area (Å²) in [6.07, 6.45) is 11.6. The van der Waals surface area contributed by atoms with Crippen LogP contribution in [0.2, 0.25) is 0 Å². The minimum atomic E-state index is -0.0594. The molecule has 186 valence electrons. The molecule has 3 fully saturated rings. The van der Waals surface area contributed by atoms with Gasteiger partial charge in [-0.1, -0.05) is 25.7 Å². The number of hydrogen-bond acceptors (Lipinski definition) is 4. The monoisotopic (exact) mass is 469 g/mol. The van der Waals surface area contributed by atoms with E-state index in [1.165, 1.54) is 32.1 Å². The Kier molecular flexibility index (Phi) is 6.93. The normalized spacial score (nSPS) is 22.3. The molecule has 1 saturated heterocycles. The summed E-state index contributed by atoms with van der Waals surface area (Å²) in [5.41, 5.74) is 2.47. The van der Waals surface area contributed by atoms with Crippen LogP contribution in [0.1, 0.15) is 86.0 Å². The average molecular weight is 470 g/mol. The van der Waals surface area contributed by atoms with Gasteiger partial charge in [0, 0.05) is 69.3 Å². The number of carbonyl (C=O) groups excluding carboxylic acids is 3. The van der Waals surface area contributed by atoms with Crippen LogP contribution in [0, 0.1) is 17.8 Å². The lowest BCUT2D eigenvalue weighted by Crippen LogP contribution is -2.45. The zero-order chi connectivity index (χ0) is 23.7. The van der Waals surface area contributed by atoms with Gasteiger partial charge in [-0.3, -0.25) is 19.1 Å². The Bertz CT molecular complexity index is 923. The van der Waals surface area contributed by atoms with Crippen LogP contribution < -0.4 is 5.32 Å². The average Bonchev–Trinajstić information content (AvgIpc) is 3.17. The number of carbonyl (C=O) groups is 3. The SMILES string of the molecule is Cn1nc(C(=O)N2CCC(C(=O)NCC3CCCCC3)CC2)c2c1CCN(C(=O)C1CCC1)C2. The number of amides is 3. The molecule has 8 heteroatoms. The highest BCUT2D eigenvalue weighted by Gasteiger charge is 2.36. The van der Waals surface area contributed by atoms with Crippen LogP contribution in [-0.2, 0) is 29.6 Å². The minimum absolute atomic E-state index is 0.0131. The van der Waals surface area contributed by atoms with Crippen LogP contribution in [0.25, 0.3) is 0 Å². The van der Waals surface area contributed by atoms with Gasteiger partial charge in [0.05, 0.1) is 0 Å². The number of likely N-dealkylation sites (tertiary alicyclic amines) is 1. The fourth-order valence-electron chi connectivity index (χ4n) is 6.14. The highest BCUT2D eigenvalue weighted by atomic mass is 16.2. The van der Waals surface area contributed by atoms with Crippen LogP contribution in [0.15, 0.2) is 0 Å². The molecular formula is C26H39N5O3. The van der Waals surface area contributed by atoms with E-state index in [1.807, 2.05) is 21.5 Å². The molecule has 0 aromatic carbocycles. The fraction of sp³-hybridized carbons (Fsp3) is 0.769. The van der Waals surface area contributed by atoms with E-state index in [1.54, 1.807) is 0 Å². The van der Waals surface area contributed by atoms with Gasteiger partial charge in [0.2, 0.25) is 11.8 Å². The summed E-state index contributed by atoms with van der Waals surface area (Å²) < 4.78 is 1.82. The maximum atomic E-state index is 13.4. The second kappa shape index (κ2) is 10.1. The van der Waals surface area contributed by atoms with E-state index in [0.29, 0.717) is 50.6 Å². The largest absolute Gasteiger partial charge is 0.356 e. The third kappa shape index (κ3) is 4.73. The third-order valence-corrected chi connectivity index (χ3v) is 8.65. The molecule has 0 radical (unpaired) electrons. The predicted molar refractivity (Wildman–Crippen MR) is 128 cm³/mol. The van der Waals surface area contributed by atoms with Gasteiger partial charge in [-0.25, -0.2) is 0 Å². The summed E-state index contributed by atoms with van der Waals surface area (Å²) in [6, 6.07) is 0. The van der Waals surface area contributed by atoms with Crippen molar-refractivity contribution in [3.05, 3.63) is 17.0 Å². The van der Waals surface area contributed by atoms with Crippen molar-refractivity contribution >= 4 is 17.7 Å². The van der Waals surface area contributed by atoms with Crippen molar-refractivity contribution in [1.82, 2.24) is 24.9 Å². The quantitative estimate of drug-likeness (QED) is 0.718. The Labute approximate surface area is 202 Å². The van der Waals surface area contributed by atoms with E-state index < -0.39 is 0 Å². The lowest BCUT2D eigenvalue weighted by Gasteiger charge is -2.34. The predicted octanol–water partition coefficient (Wildman–Crippen LogP) is 2.65. The first-order valence-corrected chi connectivity index (χ1v) is 13.4. The van der Waals surface area contributed by atoms with Gasteiger partial charge in [-0.15, -0.1) is 0 Å². The molecule has 3 heterocycles. The van der Waals surface area contributed by atoms with Gasteiger partial charge in [-0.05, 0) is 44.4 Å². The lowest BCUT2D eigenvalue weighted by molar-refractivity contribution is -0.139. The van der Waals surface area contributed by atoms with Gasteiger partial charge in [0.15, 0.2) is 5.69 Å². The number of piperidine rings is 1. The molecule has 1 aromatic heterocycles. The van der Waals surface area contributed by atoms with Crippen molar-refractivity contribution in [2.24, 2.45) is 24.8 Å². The number of nitrogens with zero attached hydrogens (tertiary/aromatic N) is 4. The Morgan fingerprint density at radius 2 is 1.62 bits per heavy atom. The first-order valence-electron chi connectivity index (χ1n) is 13.4. The molecule has 0 bridgehead atoms. The van der Waals surface area contributed by atoms with Gasteiger partial charge in [0.25, 0.3) is 5.91 Å². The first-order chi connectivity index (χ1) is 16.5. The minimum Gasteiger partial charge on any atom is -0.356 e. The van der Waals surface area contributed by atoms with E-state index in [9.17, 15) is 14.4 Å². The number of fused-ring (bicyclic) bond motifs is 1. The summed E-state index contributed by atoms with van der Waals surface area (Å²) >= 11 is 0. The Hall–Kier alpha value is -2.38. The zero-order valence-electron chi connectivity index (χ0n) is 20.6. The highest BCUT2D eigenvalue weighted by molar-refractivity contribution is 5.94. The maximum Gasteiger partial charge on any atom is 0.274 e. The molecule has 0 unspecified atom stereocenters. The number of nitrogens with one attached hydrogen (secondary N) is 1. The molecule has 5 rings (SSSR count). The topological polar surface area (TPSA) is 87.5 Å². The number of rotatable bonds is 5. The second-order valence-corrected chi connectivity index (χ2v) is 10.9. The molecule has 2 aliphatic heterocycles. The standard InChI is InChI=1S/C26H39N5O3/c1-29-22-12-15-31(25(33)20-8-5-9-20)17-21(22)23(28-29)26(34)30-13-10-19(11-14-30)24(32)27-16-18-6-3-2-4-7-18/h18-20H,2-17H2,1H3,(H,27,32). The van der Waals surface area contributed by atoms with Crippen molar-refractivity contribution in [3.63, 3.8) is 0 Å². The lowest BCUT2D eigenvalue weighted by atomic mass is 9.84. The van der Waals surface area contributed by atoms with Crippen LogP contribution in [0.4, 0.5) is 0 Å². The molecule has 2 aliphatic carbocycles. The van der Waals surface area contributed by atoms with E-state index in [0.717, 1.165) is 43.5 Å². The molecular weight excluding hydrogens is 430 g/mol. The molecule has 3 amide bonds. The van der Waals surface area contributed by atoms with Crippen molar-refractivity contribution < 1.29 is 14.4 Å². The Morgan fingerprint density at radius 1 is 0.882 bits per heavy atom. The van der Waals surface area contributed by atoms with Gasteiger partial charge in [0.1, 0.15) is 0 Å². The van der Waals surface area contributed by atoms with E-state index in [-0.39, 0.29) is 29.6 Å². The van der Waals surface area contributed by atoms with E-state index in [2.05, 4.69) is 10.4 Å². The zero-order valence-corrected chi connectivity index (χ0v) is 20.6. The van der Waals surface area contributed by atoms with Gasteiger partial charge in [-0.2, -0.15) is 5.10 Å². The first kappa shape index (κ1) is 23.4. The van der Waals surface area contributed by atoms with Crippen LogP contribution >= 0.6 is 0 Å². The van der Waals surface area contributed by atoms with E-state index >= 15 is 0 Å². The van der Waals surface area contributed by atoms with Gasteiger partial charge < -0.3 is 15.1 Å². The van der Waals surface area contributed by atoms with E-state index in [4.69, 9.17) is 0 Å². The smallest absolute Gasteiger partial charge is 0.274 e. The number of aryl methyl sites for hydroxylation is 1. The highest BCUT2D eigenvalue weighted by Crippen LogP contribution is 2.32. The molecule has 34 heavy (non-hydrogen) atoms. The molecule has 1 aromatic rings. The van der Waals surface area contributed by atoms with Crippen molar-refractivity contribution in [3.8, 4) is 0 Å². The second-order valence-electron chi connectivity index (χ2n) is 10.9. The summed E-state index contributed by atoms with van der Waals surface area (Å²) in [5.74, 6) is 1.11. The molecule has 1 N–H and O–H groups in total. The number of aromatic nitrogens is 2. The number of hydrogen-bond donors (Lipinski definition) is 1. The molecule has 2 saturated carbocycles. The third-order valence-electron chi connectivity index (χ3n) is 8.65. The van der Waals surface area contributed by atoms with Crippen LogP contribution in [0.3, 0.4) is 0 Å². The van der Waals surface area contributed by atoms with Crippen molar-refractivity contribution in [2.75, 3.05) is 26.2 Å². The summed E-state index contributed by atoms with van der Waals surface area (Å²) in [4.78, 5) is 42.7. The molecule has 0 atom stereocenters. The van der Waals surface area contributed by atoms with Crippen LogP contribution in [0.5, 0.6) is 0 Å². The Morgan fingerprint density at radius 3 is 2.29 bits per heavy atom. The Balaban J connectivity index is 1.17. The summed E-state index contributed by atoms with van der Waals surface area (Å²) in [6.45, 7) is 3.15. The molecule has 8 nitrogen and oxygen atoms in total. The maximum absolute atomic E-state index is 13.4. The van der Waals surface area contributed by atoms with Crippen LogP contribution in [-0.4, -0.2) is 63.5 Å². The fourth-order valence-corrected chi connectivity index (χ4v) is 6.14. The van der Waals surface area contributed by atoms with Crippen molar-refractivity contribution in [2.45, 2.75) is 77.2 Å². The summed E-state index contributed by atoms with van der Waals surface area (Å²) in [7, 11) is 1.89. The van der Waals surface area contributed by atoms with Crippen molar-refractivity contribution in [1.29, 1.82) is 0 Å². The molecule has 0 spiro atoms. The van der Waals surface area contributed by atoms with Gasteiger partial charge >= 0.3 is 0 Å².